The molecule has 0 radical (unpaired) electrons. The molecule has 0 aliphatic carbocycles. The van der Waals surface area contributed by atoms with Gasteiger partial charge in [-0.2, -0.15) is 8.78 Å². The van der Waals surface area contributed by atoms with Crippen molar-refractivity contribution in [3.63, 3.8) is 0 Å². The van der Waals surface area contributed by atoms with E-state index in [1.165, 1.54) is 0 Å². The predicted molar refractivity (Wildman–Crippen MR) is 62.1 cm³/mol. The SMILES string of the molecule is Cc1cc(O)c2c(c1)OC(F)(F)C1CCNCC21. The lowest BCUT2D eigenvalue weighted by Crippen LogP contribution is -2.49. The summed E-state index contributed by atoms with van der Waals surface area (Å²) in [4.78, 5) is 0. The third kappa shape index (κ3) is 1.65. The molecule has 2 atom stereocenters. The molecule has 5 heteroatoms. The first-order valence-corrected chi connectivity index (χ1v) is 6.10. The van der Waals surface area contributed by atoms with Gasteiger partial charge in [-0.25, -0.2) is 0 Å². The third-order valence-corrected chi connectivity index (χ3v) is 3.80. The second-order valence-electron chi connectivity index (χ2n) is 5.07. The van der Waals surface area contributed by atoms with Gasteiger partial charge in [-0.3, -0.25) is 0 Å². The normalized spacial score (nSPS) is 29.1. The van der Waals surface area contributed by atoms with Crippen LogP contribution in [0.3, 0.4) is 0 Å². The number of rotatable bonds is 0. The quantitative estimate of drug-likeness (QED) is 0.748. The largest absolute Gasteiger partial charge is 0.508 e. The molecular formula is C13H15F2NO2. The van der Waals surface area contributed by atoms with Gasteiger partial charge in [-0.05, 0) is 37.6 Å². The van der Waals surface area contributed by atoms with Gasteiger partial charge in [0.1, 0.15) is 11.5 Å². The summed E-state index contributed by atoms with van der Waals surface area (Å²) in [6.07, 6.45) is -2.80. The van der Waals surface area contributed by atoms with Gasteiger partial charge in [0.15, 0.2) is 0 Å². The molecule has 0 saturated carbocycles. The number of alkyl halides is 2. The van der Waals surface area contributed by atoms with E-state index in [0.717, 1.165) is 0 Å². The Balaban J connectivity index is 2.14. The zero-order valence-corrected chi connectivity index (χ0v) is 10.0. The molecule has 3 rings (SSSR count). The van der Waals surface area contributed by atoms with Gasteiger partial charge in [0.05, 0.1) is 5.92 Å². The number of phenolic OH excluding ortho intramolecular Hbond substituents is 1. The molecule has 2 heterocycles. The molecule has 0 spiro atoms. The number of benzene rings is 1. The molecule has 2 aliphatic heterocycles. The van der Waals surface area contributed by atoms with Gasteiger partial charge >= 0.3 is 6.11 Å². The number of halogens is 2. The lowest BCUT2D eigenvalue weighted by Gasteiger charge is -2.42. The highest BCUT2D eigenvalue weighted by atomic mass is 19.3. The number of hydrogen-bond acceptors (Lipinski definition) is 3. The first-order chi connectivity index (χ1) is 8.49. The zero-order valence-electron chi connectivity index (χ0n) is 10.0. The van der Waals surface area contributed by atoms with Crippen LogP contribution >= 0.6 is 0 Å². The van der Waals surface area contributed by atoms with Crippen LogP contribution in [0, 0.1) is 12.8 Å². The van der Waals surface area contributed by atoms with Gasteiger partial charge in [0, 0.05) is 18.0 Å². The summed E-state index contributed by atoms with van der Waals surface area (Å²) in [6.45, 7) is 2.75. The van der Waals surface area contributed by atoms with Crippen molar-refractivity contribution in [2.24, 2.45) is 5.92 Å². The van der Waals surface area contributed by atoms with Crippen LogP contribution in [0.25, 0.3) is 0 Å². The summed E-state index contributed by atoms with van der Waals surface area (Å²) >= 11 is 0. The smallest absolute Gasteiger partial charge is 0.401 e. The van der Waals surface area contributed by atoms with Crippen molar-refractivity contribution in [1.29, 1.82) is 0 Å². The van der Waals surface area contributed by atoms with E-state index in [2.05, 4.69) is 5.32 Å². The van der Waals surface area contributed by atoms with E-state index >= 15 is 0 Å². The fraction of sp³-hybridized carbons (Fsp3) is 0.538. The molecule has 18 heavy (non-hydrogen) atoms. The van der Waals surface area contributed by atoms with E-state index in [4.69, 9.17) is 4.74 Å². The number of hydrogen-bond donors (Lipinski definition) is 2. The summed E-state index contributed by atoms with van der Waals surface area (Å²) in [5, 5.41) is 13.1. The Morgan fingerprint density at radius 2 is 2.22 bits per heavy atom. The lowest BCUT2D eigenvalue weighted by molar-refractivity contribution is -0.234. The van der Waals surface area contributed by atoms with Crippen LogP contribution in [0.1, 0.15) is 23.5 Å². The molecule has 0 amide bonds. The average Bonchev–Trinajstić information content (AvgIpc) is 2.27. The first kappa shape index (κ1) is 11.7. The minimum absolute atomic E-state index is 0.0548. The van der Waals surface area contributed by atoms with E-state index in [1.54, 1.807) is 19.1 Å². The predicted octanol–water partition coefficient (Wildman–Crippen LogP) is 2.38. The van der Waals surface area contributed by atoms with E-state index < -0.39 is 17.9 Å². The summed E-state index contributed by atoms with van der Waals surface area (Å²) in [6, 6.07) is 3.16. The Hall–Kier alpha value is -1.36. The Morgan fingerprint density at radius 1 is 1.44 bits per heavy atom. The molecule has 3 nitrogen and oxygen atoms in total. The summed E-state index contributed by atoms with van der Waals surface area (Å²) < 4.78 is 32.7. The van der Waals surface area contributed by atoms with E-state index in [0.29, 0.717) is 30.6 Å². The Bertz CT molecular complexity index is 490. The van der Waals surface area contributed by atoms with Crippen molar-refractivity contribution in [3.8, 4) is 11.5 Å². The minimum Gasteiger partial charge on any atom is -0.508 e. The Morgan fingerprint density at radius 3 is 3.00 bits per heavy atom. The molecule has 2 unspecified atom stereocenters. The molecular weight excluding hydrogens is 240 g/mol. The van der Waals surface area contributed by atoms with Gasteiger partial charge in [0.2, 0.25) is 0 Å². The van der Waals surface area contributed by atoms with Crippen LogP contribution in [0.2, 0.25) is 0 Å². The first-order valence-electron chi connectivity index (χ1n) is 6.10. The number of ether oxygens (including phenoxy) is 1. The Labute approximate surface area is 104 Å². The molecule has 0 aromatic heterocycles. The molecule has 1 aromatic carbocycles. The summed E-state index contributed by atoms with van der Waals surface area (Å²) in [7, 11) is 0. The maximum atomic E-state index is 14.0. The second kappa shape index (κ2) is 3.82. The molecule has 1 aromatic rings. The Kier molecular flexibility index (Phi) is 2.48. The van der Waals surface area contributed by atoms with Crippen LogP contribution in [-0.2, 0) is 0 Å². The van der Waals surface area contributed by atoms with Crippen LogP contribution < -0.4 is 10.1 Å². The van der Waals surface area contributed by atoms with Crippen LogP contribution in [-0.4, -0.2) is 24.3 Å². The van der Waals surface area contributed by atoms with Gasteiger partial charge in [0.25, 0.3) is 0 Å². The third-order valence-electron chi connectivity index (χ3n) is 3.80. The van der Waals surface area contributed by atoms with Crippen molar-refractivity contribution in [1.82, 2.24) is 5.32 Å². The number of phenols is 1. The van der Waals surface area contributed by atoms with Crippen LogP contribution in [0.5, 0.6) is 11.5 Å². The van der Waals surface area contributed by atoms with Gasteiger partial charge in [-0.15, -0.1) is 0 Å². The minimum atomic E-state index is -3.15. The van der Waals surface area contributed by atoms with Gasteiger partial charge < -0.3 is 15.2 Å². The summed E-state index contributed by atoms with van der Waals surface area (Å²) in [5.41, 5.74) is 1.23. The van der Waals surface area contributed by atoms with Gasteiger partial charge in [-0.1, -0.05) is 0 Å². The highest BCUT2D eigenvalue weighted by Crippen LogP contribution is 2.51. The van der Waals surface area contributed by atoms with Crippen molar-refractivity contribution >= 4 is 0 Å². The van der Waals surface area contributed by atoms with Crippen molar-refractivity contribution in [2.75, 3.05) is 13.1 Å². The molecule has 1 saturated heterocycles. The molecule has 98 valence electrons. The van der Waals surface area contributed by atoms with Crippen molar-refractivity contribution in [2.45, 2.75) is 25.4 Å². The average molecular weight is 255 g/mol. The number of nitrogens with one attached hydrogen (secondary N) is 1. The summed E-state index contributed by atoms with van der Waals surface area (Å²) in [5.74, 6) is -1.08. The molecule has 0 bridgehead atoms. The standard InChI is InChI=1S/C13H15F2NO2/c1-7-4-10(17)12-8-6-16-3-2-9(8)13(14,15)18-11(12)5-7/h4-5,8-9,16-17H,2-3,6H2,1H3. The maximum absolute atomic E-state index is 14.0. The highest BCUT2D eigenvalue weighted by Gasteiger charge is 2.53. The van der Waals surface area contributed by atoms with Crippen molar-refractivity contribution < 1.29 is 18.6 Å². The lowest BCUT2D eigenvalue weighted by atomic mass is 9.78. The molecule has 2 N–H and O–H groups in total. The zero-order chi connectivity index (χ0) is 12.9. The fourth-order valence-corrected chi connectivity index (χ4v) is 2.99. The number of fused-ring (bicyclic) bond motifs is 3. The topological polar surface area (TPSA) is 41.5 Å². The van der Waals surface area contributed by atoms with Crippen LogP contribution in [0.15, 0.2) is 12.1 Å². The number of aromatic hydroxyl groups is 1. The molecule has 2 aliphatic rings. The molecule has 1 fully saturated rings. The number of aryl methyl sites for hydroxylation is 1. The van der Waals surface area contributed by atoms with Crippen LogP contribution in [0.4, 0.5) is 8.78 Å². The van der Waals surface area contributed by atoms with E-state index in [1.807, 2.05) is 0 Å². The second-order valence-corrected chi connectivity index (χ2v) is 5.07. The highest BCUT2D eigenvalue weighted by molar-refractivity contribution is 5.51. The fourth-order valence-electron chi connectivity index (χ4n) is 2.99. The number of piperidine rings is 1. The monoisotopic (exact) mass is 255 g/mol. The van der Waals surface area contributed by atoms with E-state index in [-0.39, 0.29) is 11.5 Å². The van der Waals surface area contributed by atoms with Crippen molar-refractivity contribution in [3.05, 3.63) is 23.3 Å². The van der Waals surface area contributed by atoms with E-state index in [9.17, 15) is 13.9 Å². The maximum Gasteiger partial charge on any atom is 0.401 e.